The molecule has 0 fully saturated rings. The van der Waals surface area contributed by atoms with Crippen LogP contribution in [-0.2, 0) is 14.8 Å². The molecule has 0 radical (unpaired) electrons. The van der Waals surface area contributed by atoms with Crippen molar-refractivity contribution in [2.75, 3.05) is 6.26 Å². The van der Waals surface area contributed by atoms with E-state index in [9.17, 15) is 17.6 Å². The summed E-state index contributed by atoms with van der Waals surface area (Å²) in [6.07, 6.45) is 2.17. The first-order chi connectivity index (χ1) is 9.49. The van der Waals surface area contributed by atoms with Crippen molar-refractivity contribution in [2.45, 2.75) is 26.4 Å². The summed E-state index contributed by atoms with van der Waals surface area (Å²) in [7, 11) is -3.61. The Morgan fingerprint density at radius 2 is 1.90 bits per heavy atom. The summed E-state index contributed by atoms with van der Waals surface area (Å²) in [6.45, 7) is 5.09. The molecule has 0 bridgehead atoms. The summed E-state index contributed by atoms with van der Waals surface area (Å²) < 4.78 is 43.1. The number of ether oxygens (including phenoxy) is 1. The second kappa shape index (κ2) is 4.84. The zero-order valence-electron chi connectivity index (χ0n) is 12.2. The van der Waals surface area contributed by atoms with Gasteiger partial charge in [0.15, 0.2) is 0 Å². The van der Waals surface area contributed by atoms with Crippen molar-refractivity contribution in [1.29, 1.82) is 0 Å². The minimum atomic E-state index is -3.61. The predicted molar refractivity (Wildman–Crippen MR) is 77.3 cm³/mol. The molecule has 1 aromatic heterocycles. The summed E-state index contributed by atoms with van der Waals surface area (Å²) in [5.41, 5.74) is -0.478. The van der Waals surface area contributed by atoms with E-state index in [1.807, 2.05) is 0 Å². The van der Waals surface area contributed by atoms with Crippen LogP contribution in [-0.4, -0.2) is 30.2 Å². The maximum atomic E-state index is 13.4. The summed E-state index contributed by atoms with van der Waals surface area (Å²) in [5.74, 6) is -1.25. The van der Waals surface area contributed by atoms with Crippen molar-refractivity contribution in [3.63, 3.8) is 0 Å². The van der Waals surface area contributed by atoms with Crippen LogP contribution in [0, 0.1) is 5.82 Å². The van der Waals surface area contributed by atoms with Crippen LogP contribution in [0.4, 0.5) is 4.39 Å². The number of hydrogen-bond donors (Lipinski definition) is 0. The third-order valence-electron chi connectivity index (χ3n) is 2.71. The minimum Gasteiger partial charge on any atom is -0.456 e. The molecule has 0 atom stereocenters. The van der Waals surface area contributed by atoms with Gasteiger partial charge in [0.1, 0.15) is 11.4 Å². The molecule has 1 heterocycles. The van der Waals surface area contributed by atoms with Gasteiger partial charge in [-0.3, -0.25) is 0 Å². The molecule has 0 spiro atoms. The lowest BCUT2D eigenvalue weighted by molar-refractivity contribution is 0.00718. The molecule has 0 saturated heterocycles. The van der Waals surface area contributed by atoms with Gasteiger partial charge < -0.3 is 4.74 Å². The highest BCUT2D eigenvalue weighted by molar-refractivity contribution is 7.89. The lowest BCUT2D eigenvalue weighted by Crippen LogP contribution is -2.23. The fourth-order valence-electron chi connectivity index (χ4n) is 1.94. The van der Waals surface area contributed by atoms with E-state index >= 15 is 0 Å². The van der Waals surface area contributed by atoms with Gasteiger partial charge >= 0.3 is 5.97 Å². The predicted octanol–water partition coefficient (Wildman–Crippen LogP) is 2.54. The van der Waals surface area contributed by atoms with E-state index < -0.39 is 27.4 Å². The molecular weight excluding hydrogens is 297 g/mol. The van der Waals surface area contributed by atoms with Gasteiger partial charge in [-0.25, -0.2) is 21.6 Å². The van der Waals surface area contributed by atoms with E-state index in [2.05, 4.69) is 0 Å². The van der Waals surface area contributed by atoms with E-state index in [-0.39, 0.29) is 16.5 Å². The monoisotopic (exact) mass is 313 g/mol. The highest BCUT2D eigenvalue weighted by atomic mass is 32.2. The number of fused-ring (bicyclic) bond motifs is 1. The number of rotatable bonds is 2. The smallest absolute Gasteiger partial charge is 0.340 e. The van der Waals surface area contributed by atoms with E-state index in [4.69, 9.17) is 4.74 Å². The molecule has 1 aromatic carbocycles. The van der Waals surface area contributed by atoms with Gasteiger partial charge in [-0.2, -0.15) is 0 Å². The molecule has 2 aromatic rings. The van der Waals surface area contributed by atoms with E-state index in [0.717, 1.165) is 28.6 Å². The largest absolute Gasteiger partial charge is 0.456 e. The van der Waals surface area contributed by atoms with Gasteiger partial charge in [-0.05, 0) is 39.0 Å². The first-order valence-electron chi connectivity index (χ1n) is 6.23. The minimum absolute atomic E-state index is 0.0184. The summed E-state index contributed by atoms with van der Waals surface area (Å²) in [5, 5.41) is 0.203. The number of carbonyl (C=O) groups is 1. The average Bonchev–Trinajstić information content (AvgIpc) is 2.64. The molecule has 5 nitrogen and oxygen atoms in total. The molecule has 0 aliphatic rings. The second-order valence-electron chi connectivity index (χ2n) is 5.76. The topological polar surface area (TPSA) is 65.4 Å². The lowest BCUT2D eigenvalue weighted by atomic mass is 10.1. The quantitative estimate of drug-likeness (QED) is 0.799. The van der Waals surface area contributed by atoms with Crippen LogP contribution < -0.4 is 0 Å². The molecule has 0 saturated carbocycles. The second-order valence-corrected chi connectivity index (χ2v) is 7.62. The Balaban J connectivity index is 2.69. The number of esters is 1. The number of benzene rings is 1. The first kappa shape index (κ1) is 15.5. The van der Waals surface area contributed by atoms with E-state index in [1.165, 1.54) is 6.07 Å². The summed E-state index contributed by atoms with van der Waals surface area (Å²) in [4.78, 5) is 12.2. The maximum Gasteiger partial charge on any atom is 0.340 e. The third-order valence-corrected chi connectivity index (χ3v) is 3.73. The molecule has 0 aliphatic heterocycles. The van der Waals surface area contributed by atoms with Crippen LogP contribution in [0.1, 0.15) is 31.1 Å². The van der Waals surface area contributed by atoms with Crippen molar-refractivity contribution in [3.8, 4) is 0 Å². The van der Waals surface area contributed by atoms with Crippen molar-refractivity contribution in [3.05, 3.63) is 35.8 Å². The molecule has 114 valence electrons. The SMILES string of the molecule is CC(C)(C)OC(=O)c1cn(S(C)(=O)=O)c2ccc(F)cc12. The Bertz CT molecular complexity index is 815. The van der Waals surface area contributed by atoms with Gasteiger partial charge in [0.2, 0.25) is 10.0 Å². The summed E-state index contributed by atoms with van der Waals surface area (Å²) in [6, 6.07) is 3.58. The van der Waals surface area contributed by atoms with Gasteiger partial charge in [0.25, 0.3) is 0 Å². The molecule has 0 aliphatic carbocycles. The van der Waals surface area contributed by atoms with Crippen molar-refractivity contribution >= 4 is 26.9 Å². The van der Waals surface area contributed by atoms with Crippen LogP contribution in [0.25, 0.3) is 10.9 Å². The third kappa shape index (κ3) is 3.24. The van der Waals surface area contributed by atoms with Crippen LogP contribution in [0.2, 0.25) is 0 Å². The van der Waals surface area contributed by atoms with Crippen LogP contribution >= 0.6 is 0 Å². The van der Waals surface area contributed by atoms with Gasteiger partial charge in [-0.1, -0.05) is 0 Å². The molecule has 7 heteroatoms. The van der Waals surface area contributed by atoms with Crippen LogP contribution in [0.3, 0.4) is 0 Å². The molecule has 0 unspecified atom stereocenters. The van der Waals surface area contributed by atoms with Crippen LogP contribution in [0.15, 0.2) is 24.4 Å². The number of aromatic nitrogens is 1. The Hall–Kier alpha value is -1.89. The first-order valence-corrected chi connectivity index (χ1v) is 8.08. The zero-order valence-corrected chi connectivity index (χ0v) is 13.0. The Kier molecular flexibility index (Phi) is 3.57. The van der Waals surface area contributed by atoms with Crippen LogP contribution in [0.5, 0.6) is 0 Å². The van der Waals surface area contributed by atoms with Crippen molar-refractivity contribution < 1.29 is 22.3 Å². The molecule has 2 rings (SSSR count). The normalized spacial score (nSPS) is 12.6. The number of carbonyl (C=O) groups excluding carboxylic acids is 1. The fraction of sp³-hybridized carbons (Fsp3) is 0.357. The Morgan fingerprint density at radius 1 is 1.29 bits per heavy atom. The number of hydrogen-bond acceptors (Lipinski definition) is 4. The molecular formula is C14H16FNO4S. The molecule has 0 amide bonds. The van der Waals surface area contributed by atoms with Crippen molar-refractivity contribution in [2.24, 2.45) is 0 Å². The highest BCUT2D eigenvalue weighted by Crippen LogP contribution is 2.26. The fourth-order valence-corrected chi connectivity index (χ4v) is 2.76. The van der Waals surface area contributed by atoms with E-state index in [0.29, 0.717) is 0 Å². The Morgan fingerprint density at radius 3 is 2.43 bits per heavy atom. The summed E-state index contributed by atoms with van der Waals surface area (Å²) >= 11 is 0. The average molecular weight is 313 g/mol. The van der Waals surface area contributed by atoms with E-state index in [1.54, 1.807) is 20.8 Å². The molecule has 0 N–H and O–H groups in total. The zero-order chi connectivity index (χ0) is 16.0. The molecule has 21 heavy (non-hydrogen) atoms. The number of halogens is 1. The standard InChI is InChI=1S/C14H16FNO4S/c1-14(2,3)20-13(17)11-8-16(21(4,18)19)12-6-5-9(15)7-10(11)12/h5-8H,1-4H3. The maximum absolute atomic E-state index is 13.4. The van der Waals surface area contributed by atoms with Gasteiger partial charge in [-0.15, -0.1) is 0 Å². The Labute approximate surface area is 122 Å². The lowest BCUT2D eigenvalue weighted by Gasteiger charge is -2.19. The number of nitrogens with zero attached hydrogens (tertiary/aromatic N) is 1. The van der Waals surface area contributed by atoms with Crippen molar-refractivity contribution in [1.82, 2.24) is 3.97 Å². The highest BCUT2D eigenvalue weighted by Gasteiger charge is 2.24. The van der Waals surface area contributed by atoms with Gasteiger partial charge in [0, 0.05) is 11.6 Å². The van der Waals surface area contributed by atoms with Gasteiger partial charge in [0.05, 0.1) is 17.3 Å².